The van der Waals surface area contributed by atoms with Gasteiger partial charge in [0, 0.05) is 13.2 Å². The monoisotopic (exact) mass is 343 g/mol. The average molecular weight is 343 g/mol. The zero-order valence-electron chi connectivity index (χ0n) is 14.2. The Morgan fingerprint density at radius 2 is 1.62 bits per heavy atom. The maximum Gasteiger partial charge on any atom is 0.197 e. The molecule has 136 valence electrons. The van der Waals surface area contributed by atoms with E-state index in [0.29, 0.717) is 11.4 Å². The van der Waals surface area contributed by atoms with Crippen LogP contribution >= 0.6 is 0 Å². The molecule has 0 aliphatic carbocycles. The number of aryl methyl sites for hydroxylation is 1. The van der Waals surface area contributed by atoms with Crippen molar-refractivity contribution >= 4 is 29.4 Å². The Morgan fingerprint density at radius 3 is 2.17 bits per heavy atom. The van der Waals surface area contributed by atoms with Gasteiger partial charge in [0.15, 0.2) is 11.4 Å². The van der Waals surface area contributed by atoms with Gasteiger partial charge in [-0.05, 0) is 34.9 Å². The van der Waals surface area contributed by atoms with E-state index in [1.54, 1.807) is 6.26 Å². The topological polar surface area (TPSA) is 164 Å². The number of rotatable bonds is 2. The molecule has 3 rings (SSSR count). The first-order valence-electron chi connectivity index (χ1n) is 6.60. The van der Waals surface area contributed by atoms with Gasteiger partial charge in [-0.3, -0.25) is 0 Å². The molecule has 1 aromatic carbocycles. The summed E-state index contributed by atoms with van der Waals surface area (Å²) in [6.45, 7) is 7.96. The van der Waals surface area contributed by atoms with Crippen LogP contribution in [0.1, 0.15) is 19.4 Å². The molecule has 0 radical (unpaired) electrons. The normalized spacial score (nSPS) is 7.88. The molecule has 0 atom stereocenters. The van der Waals surface area contributed by atoms with Gasteiger partial charge in [0.05, 0.1) is 12.0 Å². The Balaban J connectivity index is -0.000000501. The molecular weight excluding hydrogens is 318 g/mol. The number of aliphatic hydroxyl groups is 1. The second kappa shape index (κ2) is 15.2. The maximum atomic E-state index is 8.00. The Morgan fingerprint density at radius 1 is 1.04 bits per heavy atom. The minimum atomic E-state index is 0. The SMILES string of the molecule is C=O.CC.CO.Cc1ccc(Nc2ccco2)c2nonc12.O.O. The summed E-state index contributed by atoms with van der Waals surface area (Å²) in [4.78, 5) is 8.00. The van der Waals surface area contributed by atoms with Gasteiger partial charge in [0.2, 0.25) is 0 Å². The van der Waals surface area contributed by atoms with Gasteiger partial charge in [-0.2, -0.15) is 0 Å². The van der Waals surface area contributed by atoms with E-state index in [4.69, 9.17) is 18.9 Å². The van der Waals surface area contributed by atoms with E-state index in [1.165, 1.54) is 0 Å². The standard InChI is InChI=1S/C11H9N3O2.C2H6.CH4O.CH2O.2H2O/c1-7-4-5-8(11-10(7)13-16-14-11)12-9-3-2-6-15-9;3*1-2;;/h2-6,12H,1H3;1-2H3;2H,1H3;1H2;2*1H2. The Hall–Kier alpha value is -2.75. The highest BCUT2D eigenvalue weighted by atomic mass is 16.6. The van der Waals surface area contributed by atoms with Gasteiger partial charge in [0.1, 0.15) is 12.3 Å². The molecule has 24 heavy (non-hydrogen) atoms. The highest BCUT2D eigenvalue weighted by Gasteiger charge is 2.09. The third kappa shape index (κ3) is 6.57. The lowest BCUT2D eigenvalue weighted by atomic mass is 10.2. The molecule has 2 aromatic heterocycles. The molecule has 3 aromatic rings. The molecule has 0 amide bonds. The number of nitrogens with one attached hydrogen (secondary N) is 1. The minimum Gasteiger partial charge on any atom is -0.449 e. The predicted octanol–water partition coefficient (Wildman–Crippen LogP) is 1.67. The van der Waals surface area contributed by atoms with Gasteiger partial charge in [-0.25, -0.2) is 4.63 Å². The zero-order chi connectivity index (χ0) is 17.0. The number of carbonyl (C=O) groups excluding carboxylic acids is 1. The maximum absolute atomic E-state index is 8.00. The summed E-state index contributed by atoms with van der Waals surface area (Å²) in [7, 11) is 1.00. The zero-order valence-corrected chi connectivity index (χ0v) is 14.2. The van der Waals surface area contributed by atoms with Crippen molar-refractivity contribution in [2.24, 2.45) is 0 Å². The molecule has 0 aliphatic heterocycles. The number of nitrogens with zero attached hydrogens (tertiary/aromatic N) is 2. The van der Waals surface area contributed by atoms with E-state index in [-0.39, 0.29) is 11.0 Å². The average Bonchev–Trinajstić information content (AvgIpc) is 3.28. The highest BCUT2D eigenvalue weighted by Crippen LogP contribution is 2.26. The van der Waals surface area contributed by atoms with Gasteiger partial charge in [0.25, 0.3) is 0 Å². The van der Waals surface area contributed by atoms with Crippen LogP contribution in [0.4, 0.5) is 11.6 Å². The van der Waals surface area contributed by atoms with Crippen molar-refractivity contribution in [1.29, 1.82) is 0 Å². The Labute approximate surface area is 139 Å². The quantitative estimate of drug-likeness (QED) is 0.714. The van der Waals surface area contributed by atoms with E-state index in [9.17, 15) is 0 Å². The van der Waals surface area contributed by atoms with E-state index >= 15 is 0 Å². The van der Waals surface area contributed by atoms with Crippen LogP contribution in [0.5, 0.6) is 0 Å². The number of anilines is 2. The lowest BCUT2D eigenvalue weighted by molar-refractivity contribution is -0.0979. The van der Waals surface area contributed by atoms with E-state index in [1.807, 2.05) is 51.8 Å². The highest BCUT2D eigenvalue weighted by molar-refractivity contribution is 5.90. The van der Waals surface area contributed by atoms with Crippen LogP contribution in [0.3, 0.4) is 0 Å². The molecule has 0 spiro atoms. The fraction of sp³-hybridized carbons (Fsp3) is 0.267. The summed E-state index contributed by atoms with van der Waals surface area (Å²) >= 11 is 0. The van der Waals surface area contributed by atoms with E-state index in [0.717, 1.165) is 23.9 Å². The summed E-state index contributed by atoms with van der Waals surface area (Å²) in [5, 5.41) is 17.8. The fourth-order valence-corrected chi connectivity index (χ4v) is 1.57. The van der Waals surface area contributed by atoms with Gasteiger partial charge < -0.3 is 30.6 Å². The first kappa shape index (κ1) is 26.2. The summed E-state index contributed by atoms with van der Waals surface area (Å²) in [5.41, 5.74) is 3.31. The predicted molar refractivity (Wildman–Crippen MR) is 92.4 cm³/mol. The summed E-state index contributed by atoms with van der Waals surface area (Å²) in [6, 6.07) is 7.52. The van der Waals surface area contributed by atoms with E-state index in [2.05, 4.69) is 15.6 Å². The molecule has 0 bridgehead atoms. The number of furan rings is 1. The van der Waals surface area contributed by atoms with Crippen molar-refractivity contribution in [3.63, 3.8) is 0 Å². The number of hydrogen-bond acceptors (Lipinski definition) is 7. The lowest BCUT2D eigenvalue weighted by Crippen LogP contribution is -1.90. The molecule has 0 saturated heterocycles. The molecule has 2 heterocycles. The number of aromatic nitrogens is 2. The number of carbonyl (C=O) groups is 1. The number of hydrogen-bond donors (Lipinski definition) is 2. The van der Waals surface area contributed by atoms with Crippen LogP contribution in [-0.2, 0) is 4.79 Å². The number of aliphatic hydroxyl groups excluding tert-OH is 1. The van der Waals surface area contributed by atoms with E-state index < -0.39 is 0 Å². The first-order valence-corrected chi connectivity index (χ1v) is 6.60. The van der Waals surface area contributed by atoms with Gasteiger partial charge in [-0.1, -0.05) is 19.9 Å². The number of fused-ring (bicyclic) bond motifs is 1. The van der Waals surface area contributed by atoms with Crippen molar-refractivity contribution in [3.05, 3.63) is 36.1 Å². The van der Waals surface area contributed by atoms with Crippen molar-refractivity contribution in [2.75, 3.05) is 12.4 Å². The molecule has 9 heteroatoms. The van der Waals surface area contributed by atoms with Crippen molar-refractivity contribution < 1.29 is 29.9 Å². The minimum absolute atomic E-state index is 0. The second-order valence-electron chi connectivity index (χ2n) is 3.49. The molecule has 6 N–H and O–H groups in total. The van der Waals surface area contributed by atoms with Crippen LogP contribution < -0.4 is 5.32 Å². The first-order chi connectivity index (χ1) is 10.8. The smallest absolute Gasteiger partial charge is 0.197 e. The van der Waals surface area contributed by atoms with Crippen LogP contribution in [-0.4, -0.2) is 40.3 Å². The molecule has 0 unspecified atom stereocenters. The molecular formula is C15H25N3O6. The van der Waals surface area contributed by atoms with Gasteiger partial charge in [-0.15, -0.1) is 0 Å². The van der Waals surface area contributed by atoms with Crippen LogP contribution in [0.25, 0.3) is 11.0 Å². The van der Waals surface area contributed by atoms with Crippen molar-refractivity contribution in [3.8, 4) is 0 Å². The Bertz CT molecular complexity index is 640. The summed E-state index contributed by atoms with van der Waals surface area (Å²) in [5.74, 6) is 0.660. The van der Waals surface area contributed by atoms with Gasteiger partial charge >= 0.3 is 0 Å². The third-order valence-electron chi connectivity index (χ3n) is 2.40. The van der Waals surface area contributed by atoms with Crippen molar-refractivity contribution in [1.82, 2.24) is 10.3 Å². The summed E-state index contributed by atoms with van der Waals surface area (Å²) in [6.07, 6.45) is 1.61. The summed E-state index contributed by atoms with van der Waals surface area (Å²) < 4.78 is 9.94. The van der Waals surface area contributed by atoms with Crippen LogP contribution in [0.15, 0.2) is 39.6 Å². The molecule has 0 aliphatic rings. The number of benzene rings is 1. The Kier molecular flexibility index (Phi) is 16.5. The lowest BCUT2D eigenvalue weighted by Gasteiger charge is -2.03. The van der Waals surface area contributed by atoms with Crippen LogP contribution in [0.2, 0.25) is 0 Å². The second-order valence-corrected chi connectivity index (χ2v) is 3.49. The largest absolute Gasteiger partial charge is 0.449 e. The fourth-order valence-electron chi connectivity index (χ4n) is 1.57. The molecule has 9 nitrogen and oxygen atoms in total. The third-order valence-corrected chi connectivity index (χ3v) is 2.40. The molecule has 0 fully saturated rings. The molecule has 0 saturated carbocycles. The van der Waals surface area contributed by atoms with Crippen LogP contribution in [0, 0.1) is 6.92 Å². The van der Waals surface area contributed by atoms with Crippen molar-refractivity contribution in [2.45, 2.75) is 20.8 Å².